The molecule has 0 unspecified atom stereocenters. The molecule has 0 atom stereocenters. The van der Waals surface area contributed by atoms with E-state index in [0.29, 0.717) is 6.42 Å². The zero-order chi connectivity index (χ0) is 10.6. The van der Waals surface area contributed by atoms with Gasteiger partial charge in [0.2, 0.25) is 0 Å². The molecule has 1 aromatic rings. The molecule has 0 amide bonds. The largest absolute Gasteiger partial charge is 0.496 e. The molecule has 0 aliphatic carbocycles. The number of methoxy groups -OCH3 is 1. The fourth-order valence-corrected chi connectivity index (χ4v) is 1.64. The second-order valence-corrected chi connectivity index (χ2v) is 3.42. The molecule has 0 saturated heterocycles. The molecule has 0 aromatic heterocycles. The molecule has 2 nitrogen and oxygen atoms in total. The lowest BCUT2D eigenvalue weighted by Gasteiger charge is -2.11. The van der Waals surface area contributed by atoms with Gasteiger partial charge in [-0.25, -0.2) is 0 Å². The van der Waals surface area contributed by atoms with Gasteiger partial charge in [0.1, 0.15) is 5.75 Å². The highest BCUT2D eigenvalue weighted by Gasteiger charge is 2.06. The number of nitriles is 1. The maximum Gasteiger partial charge on any atom is 0.122 e. The van der Waals surface area contributed by atoms with E-state index >= 15 is 0 Å². The second kappa shape index (κ2) is 4.66. The summed E-state index contributed by atoms with van der Waals surface area (Å²) in [6.07, 6.45) is 1.31. The van der Waals surface area contributed by atoms with Crippen LogP contribution < -0.4 is 4.74 Å². The summed E-state index contributed by atoms with van der Waals surface area (Å²) in [5, 5.41) is 8.55. The predicted octanol–water partition coefficient (Wildman–Crippen LogP) is 2.77. The third kappa shape index (κ3) is 2.26. The van der Waals surface area contributed by atoms with E-state index in [4.69, 9.17) is 10.00 Å². The predicted molar refractivity (Wildman–Crippen MR) is 56.4 cm³/mol. The lowest BCUT2D eigenvalue weighted by Crippen LogP contribution is -1.96. The Balaban J connectivity index is 3.06. The molecule has 0 aliphatic rings. The molecular weight excluding hydrogens is 174 g/mol. The normalized spacial score (nSPS) is 9.57. The molecule has 0 N–H and O–H groups in total. The van der Waals surface area contributed by atoms with Gasteiger partial charge >= 0.3 is 0 Å². The minimum atomic E-state index is 0.542. The van der Waals surface area contributed by atoms with Crippen LogP contribution in [0.15, 0.2) is 12.1 Å². The van der Waals surface area contributed by atoms with Gasteiger partial charge in [-0.05, 0) is 43.0 Å². The van der Waals surface area contributed by atoms with E-state index in [1.54, 1.807) is 7.11 Å². The van der Waals surface area contributed by atoms with E-state index in [-0.39, 0.29) is 0 Å². The lowest BCUT2D eigenvalue weighted by molar-refractivity contribution is 0.409. The van der Waals surface area contributed by atoms with Crippen molar-refractivity contribution in [2.75, 3.05) is 7.11 Å². The van der Waals surface area contributed by atoms with Gasteiger partial charge in [0.05, 0.1) is 13.2 Å². The van der Waals surface area contributed by atoms with Gasteiger partial charge in [-0.15, -0.1) is 0 Å². The van der Waals surface area contributed by atoms with Crippen LogP contribution in [0.1, 0.15) is 23.1 Å². The summed E-state index contributed by atoms with van der Waals surface area (Å²) in [4.78, 5) is 0. The summed E-state index contributed by atoms with van der Waals surface area (Å²) >= 11 is 0. The first-order chi connectivity index (χ1) is 6.69. The Morgan fingerprint density at radius 1 is 1.36 bits per heavy atom. The first-order valence-corrected chi connectivity index (χ1v) is 4.70. The van der Waals surface area contributed by atoms with Crippen molar-refractivity contribution in [1.82, 2.24) is 0 Å². The van der Waals surface area contributed by atoms with Crippen LogP contribution in [-0.4, -0.2) is 7.11 Å². The summed E-state index contributed by atoms with van der Waals surface area (Å²) in [6.45, 7) is 4.10. The average Bonchev–Trinajstić information content (AvgIpc) is 2.15. The Kier molecular flexibility index (Phi) is 3.53. The number of ether oxygens (including phenoxy) is 1. The van der Waals surface area contributed by atoms with E-state index in [1.165, 1.54) is 11.1 Å². The summed E-state index contributed by atoms with van der Waals surface area (Å²) in [7, 11) is 1.67. The average molecular weight is 189 g/mol. The van der Waals surface area contributed by atoms with Crippen LogP contribution in [0, 0.1) is 25.2 Å². The maximum absolute atomic E-state index is 8.55. The summed E-state index contributed by atoms with van der Waals surface area (Å²) in [5.74, 6) is 0.901. The van der Waals surface area contributed by atoms with Crippen molar-refractivity contribution >= 4 is 0 Å². The Morgan fingerprint density at radius 3 is 2.64 bits per heavy atom. The van der Waals surface area contributed by atoms with Crippen LogP contribution in [0.5, 0.6) is 5.75 Å². The third-order valence-electron chi connectivity index (χ3n) is 2.28. The van der Waals surface area contributed by atoms with Gasteiger partial charge in [-0.3, -0.25) is 0 Å². The number of aryl methyl sites for hydroxylation is 2. The molecule has 0 spiro atoms. The molecule has 14 heavy (non-hydrogen) atoms. The first kappa shape index (κ1) is 10.6. The van der Waals surface area contributed by atoms with Crippen molar-refractivity contribution in [2.45, 2.75) is 26.7 Å². The summed E-state index contributed by atoms with van der Waals surface area (Å²) in [6, 6.07) is 6.29. The lowest BCUT2D eigenvalue weighted by atomic mass is 10.0. The molecule has 0 aliphatic heterocycles. The zero-order valence-corrected chi connectivity index (χ0v) is 8.92. The van der Waals surface area contributed by atoms with Crippen molar-refractivity contribution < 1.29 is 4.74 Å². The van der Waals surface area contributed by atoms with E-state index in [1.807, 2.05) is 13.0 Å². The van der Waals surface area contributed by atoms with Gasteiger partial charge in [-0.1, -0.05) is 6.07 Å². The molecule has 0 heterocycles. The summed E-state index contributed by atoms with van der Waals surface area (Å²) in [5.41, 5.74) is 3.55. The monoisotopic (exact) mass is 189 g/mol. The molecule has 0 saturated carbocycles. The van der Waals surface area contributed by atoms with E-state index in [0.717, 1.165) is 17.7 Å². The van der Waals surface area contributed by atoms with Crippen molar-refractivity contribution in [3.8, 4) is 11.8 Å². The zero-order valence-electron chi connectivity index (χ0n) is 8.92. The molecule has 1 aromatic carbocycles. The van der Waals surface area contributed by atoms with Gasteiger partial charge in [0, 0.05) is 6.42 Å². The Labute approximate surface area is 85.1 Å². The van der Waals surface area contributed by atoms with Crippen molar-refractivity contribution in [3.05, 3.63) is 28.8 Å². The van der Waals surface area contributed by atoms with E-state index in [9.17, 15) is 0 Å². The minimum absolute atomic E-state index is 0.542. The topological polar surface area (TPSA) is 33.0 Å². The smallest absolute Gasteiger partial charge is 0.122 e. The number of hydrogen-bond donors (Lipinski definition) is 0. The van der Waals surface area contributed by atoms with Crippen molar-refractivity contribution in [3.63, 3.8) is 0 Å². The minimum Gasteiger partial charge on any atom is -0.496 e. The number of benzene rings is 1. The van der Waals surface area contributed by atoms with Crippen LogP contribution in [0.3, 0.4) is 0 Å². The quantitative estimate of drug-likeness (QED) is 0.732. The molecule has 0 fully saturated rings. The molecule has 74 valence electrons. The van der Waals surface area contributed by atoms with Crippen LogP contribution in [0.25, 0.3) is 0 Å². The standard InChI is InChI=1S/C12H15NO/c1-9-7-10(2)11(5-4-6-13)12(8-9)14-3/h7-8H,4-5H2,1-3H3. The van der Waals surface area contributed by atoms with Crippen molar-refractivity contribution in [2.24, 2.45) is 0 Å². The van der Waals surface area contributed by atoms with Gasteiger partial charge in [0.25, 0.3) is 0 Å². The van der Waals surface area contributed by atoms with Crippen molar-refractivity contribution in [1.29, 1.82) is 5.26 Å². The van der Waals surface area contributed by atoms with E-state index in [2.05, 4.69) is 19.1 Å². The summed E-state index contributed by atoms with van der Waals surface area (Å²) < 4.78 is 5.29. The van der Waals surface area contributed by atoms with Crippen LogP contribution >= 0.6 is 0 Å². The highest BCUT2D eigenvalue weighted by atomic mass is 16.5. The Bertz CT molecular complexity index is 363. The molecule has 0 radical (unpaired) electrons. The Morgan fingerprint density at radius 2 is 2.07 bits per heavy atom. The highest BCUT2D eigenvalue weighted by molar-refractivity contribution is 5.43. The van der Waals surface area contributed by atoms with Gasteiger partial charge in [0.15, 0.2) is 0 Å². The third-order valence-corrected chi connectivity index (χ3v) is 2.28. The Hall–Kier alpha value is -1.49. The molecule has 1 rings (SSSR count). The van der Waals surface area contributed by atoms with Gasteiger partial charge < -0.3 is 4.74 Å². The fourth-order valence-electron chi connectivity index (χ4n) is 1.64. The molecule has 0 bridgehead atoms. The first-order valence-electron chi connectivity index (χ1n) is 4.70. The van der Waals surface area contributed by atoms with E-state index < -0.39 is 0 Å². The fraction of sp³-hybridized carbons (Fsp3) is 0.417. The number of nitrogens with zero attached hydrogens (tertiary/aromatic N) is 1. The number of rotatable bonds is 3. The van der Waals surface area contributed by atoms with Crippen LogP contribution in [0.2, 0.25) is 0 Å². The van der Waals surface area contributed by atoms with Crippen LogP contribution in [0.4, 0.5) is 0 Å². The number of hydrogen-bond acceptors (Lipinski definition) is 2. The maximum atomic E-state index is 8.55. The SMILES string of the molecule is COc1cc(C)cc(C)c1CCC#N. The second-order valence-electron chi connectivity index (χ2n) is 3.42. The molecular formula is C12H15NO. The highest BCUT2D eigenvalue weighted by Crippen LogP contribution is 2.25. The molecule has 2 heteroatoms. The van der Waals surface area contributed by atoms with Gasteiger partial charge in [-0.2, -0.15) is 5.26 Å². The van der Waals surface area contributed by atoms with Crippen LogP contribution in [-0.2, 0) is 6.42 Å².